The zero-order valence-corrected chi connectivity index (χ0v) is 15.1. The normalized spacial score (nSPS) is 21.1. The predicted octanol–water partition coefficient (Wildman–Crippen LogP) is 3.49. The van der Waals surface area contributed by atoms with Crippen LogP contribution >= 0.6 is 11.3 Å². The minimum absolute atomic E-state index is 0.185. The first-order valence-electron chi connectivity index (χ1n) is 8.42. The number of carboxylic acids is 1. The summed E-state index contributed by atoms with van der Waals surface area (Å²) in [7, 11) is 2.00. The van der Waals surface area contributed by atoms with Gasteiger partial charge in [-0.3, -0.25) is 4.90 Å². The van der Waals surface area contributed by atoms with Crippen LogP contribution in [0.2, 0.25) is 0 Å². The Hall–Kier alpha value is -1.76. The fourth-order valence-electron chi connectivity index (χ4n) is 3.45. The number of carboxylic acid groups (broad SMARTS) is 1. The largest absolute Gasteiger partial charge is 0.478 e. The number of halogens is 1. The van der Waals surface area contributed by atoms with Crippen LogP contribution in [-0.4, -0.2) is 53.2 Å². The highest BCUT2D eigenvalue weighted by Crippen LogP contribution is 2.25. The molecule has 0 amide bonds. The number of nitrogens with zero attached hydrogens (tertiary/aromatic N) is 2. The number of carbonyl (C=O) groups is 1. The molecule has 1 aromatic carbocycles. The molecule has 0 spiro atoms. The molecule has 2 atom stereocenters. The molecule has 1 saturated heterocycles. The summed E-state index contributed by atoms with van der Waals surface area (Å²) < 4.78 is 13.9. The van der Waals surface area contributed by atoms with E-state index in [9.17, 15) is 9.18 Å². The van der Waals surface area contributed by atoms with Gasteiger partial charge < -0.3 is 10.0 Å². The average Bonchev–Trinajstić information content (AvgIpc) is 3.18. The van der Waals surface area contributed by atoms with Crippen LogP contribution in [0.4, 0.5) is 4.39 Å². The second kappa shape index (κ2) is 8.08. The van der Waals surface area contributed by atoms with Crippen LogP contribution in [0.1, 0.15) is 27.2 Å². The Labute approximate surface area is 151 Å². The van der Waals surface area contributed by atoms with Crippen LogP contribution in [0.25, 0.3) is 0 Å². The zero-order valence-electron chi connectivity index (χ0n) is 14.3. The topological polar surface area (TPSA) is 43.8 Å². The van der Waals surface area contributed by atoms with Crippen molar-refractivity contribution >= 4 is 17.3 Å². The van der Waals surface area contributed by atoms with E-state index in [4.69, 9.17) is 5.11 Å². The summed E-state index contributed by atoms with van der Waals surface area (Å²) >= 11 is 1.71. The lowest BCUT2D eigenvalue weighted by Crippen LogP contribution is -2.38. The first-order valence-corrected chi connectivity index (χ1v) is 9.30. The van der Waals surface area contributed by atoms with Gasteiger partial charge in [-0.25, -0.2) is 9.18 Å². The first kappa shape index (κ1) is 18.0. The van der Waals surface area contributed by atoms with E-state index in [1.165, 1.54) is 4.88 Å². The molecule has 2 aromatic rings. The molecule has 0 unspecified atom stereocenters. The maximum atomic E-state index is 13.9. The molecule has 25 heavy (non-hydrogen) atoms. The molecule has 1 aromatic heterocycles. The van der Waals surface area contributed by atoms with Crippen molar-refractivity contribution in [2.75, 3.05) is 20.1 Å². The molecule has 4 nitrogen and oxygen atoms in total. The summed E-state index contributed by atoms with van der Waals surface area (Å²) in [4.78, 5) is 16.7. The van der Waals surface area contributed by atoms with Crippen LogP contribution < -0.4 is 0 Å². The van der Waals surface area contributed by atoms with Crippen LogP contribution in [-0.2, 0) is 13.1 Å². The maximum absolute atomic E-state index is 13.9. The van der Waals surface area contributed by atoms with E-state index in [0.717, 1.165) is 18.7 Å². The molecule has 0 bridgehead atoms. The molecule has 0 saturated carbocycles. The van der Waals surface area contributed by atoms with Crippen molar-refractivity contribution in [3.63, 3.8) is 0 Å². The molecule has 134 valence electrons. The second-order valence-electron chi connectivity index (χ2n) is 6.70. The predicted molar refractivity (Wildman–Crippen MR) is 97.8 cm³/mol. The standard InChI is InChI=1S/C19H23FN2O2S/c1-21(10-14-4-2-5-15(8-14)19(23)24)12-17-9-16(20)11-22(17)13-18-6-3-7-25-18/h2-8,16-17H,9-13H2,1H3,(H,23,24)/t16-,17-/m0/s1. The van der Waals surface area contributed by atoms with Gasteiger partial charge in [0.1, 0.15) is 6.17 Å². The SMILES string of the molecule is CN(Cc1cccc(C(=O)O)c1)C[C@@H]1C[C@H](F)CN1Cc1cccs1. The molecule has 1 fully saturated rings. The van der Waals surface area contributed by atoms with E-state index in [1.54, 1.807) is 29.5 Å². The minimum Gasteiger partial charge on any atom is -0.478 e. The van der Waals surface area contributed by atoms with E-state index in [0.29, 0.717) is 25.1 Å². The summed E-state index contributed by atoms with van der Waals surface area (Å²) in [6, 6.07) is 11.3. The van der Waals surface area contributed by atoms with Crippen molar-refractivity contribution in [3.05, 3.63) is 57.8 Å². The number of aromatic carboxylic acids is 1. The van der Waals surface area contributed by atoms with E-state index in [1.807, 2.05) is 19.2 Å². The van der Waals surface area contributed by atoms with Gasteiger partial charge in [0.2, 0.25) is 0 Å². The quantitative estimate of drug-likeness (QED) is 0.819. The Morgan fingerprint density at radius 2 is 2.24 bits per heavy atom. The highest BCUT2D eigenvalue weighted by Gasteiger charge is 2.32. The van der Waals surface area contributed by atoms with Crippen LogP contribution in [0.3, 0.4) is 0 Å². The van der Waals surface area contributed by atoms with Gasteiger partial charge in [0.25, 0.3) is 0 Å². The Kier molecular flexibility index (Phi) is 5.83. The Morgan fingerprint density at radius 1 is 1.40 bits per heavy atom. The van der Waals surface area contributed by atoms with Gasteiger partial charge in [-0.2, -0.15) is 0 Å². The summed E-state index contributed by atoms with van der Waals surface area (Å²) in [6.45, 7) is 2.71. The number of likely N-dealkylation sites (tertiary alicyclic amines) is 1. The highest BCUT2D eigenvalue weighted by atomic mass is 32.1. The van der Waals surface area contributed by atoms with Gasteiger partial charge >= 0.3 is 5.97 Å². The third-order valence-electron chi connectivity index (χ3n) is 4.56. The molecule has 1 N–H and O–H groups in total. The van der Waals surface area contributed by atoms with Crippen molar-refractivity contribution in [3.8, 4) is 0 Å². The molecule has 0 radical (unpaired) electrons. The third-order valence-corrected chi connectivity index (χ3v) is 5.43. The molecule has 1 aliphatic rings. The van der Waals surface area contributed by atoms with E-state index >= 15 is 0 Å². The molecule has 6 heteroatoms. The van der Waals surface area contributed by atoms with E-state index < -0.39 is 12.1 Å². The first-order chi connectivity index (χ1) is 12.0. The smallest absolute Gasteiger partial charge is 0.335 e. The van der Waals surface area contributed by atoms with Crippen molar-refractivity contribution in [2.45, 2.75) is 31.7 Å². The molecule has 0 aliphatic carbocycles. The molecule has 2 heterocycles. The molecule has 1 aliphatic heterocycles. The Bertz CT molecular complexity index is 707. The van der Waals surface area contributed by atoms with Gasteiger partial charge in [-0.15, -0.1) is 11.3 Å². The minimum atomic E-state index is -0.914. The lowest BCUT2D eigenvalue weighted by molar-refractivity contribution is 0.0696. The zero-order chi connectivity index (χ0) is 17.8. The second-order valence-corrected chi connectivity index (χ2v) is 7.73. The van der Waals surface area contributed by atoms with Gasteiger partial charge in [0.15, 0.2) is 0 Å². The molecule has 3 rings (SSSR count). The van der Waals surface area contributed by atoms with Crippen LogP contribution in [0.15, 0.2) is 41.8 Å². The van der Waals surface area contributed by atoms with Crippen molar-refractivity contribution in [1.29, 1.82) is 0 Å². The van der Waals surface area contributed by atoms with Crippen molar-refractivity contribution in [1.82, 2.24) is 9.80 Å². The van der Waals surface area contributed by atoms with Crippen molar-refractivity contribution < 1.29 is 14.3 Å². The summed E-state index contributed by atoms with van der Waals surface area (Å²) in [5, 5.41) is 11.1. The number of likely N-dealkylation sites (N-methyl/N-ethyl adjacent to an activating group) is 1. The number of rotatable bonds is 7. The molecular formula is C19H23FN2O2S. The number of benzene rings is 1. The van der Waals surface area contributed by atoms with E-state index in [2.05, 4.69) is 21.2 Å². The van der Waals surface area contributed by atoms with E-state index in [-0.39, 0.29) is 6.04 Å². The lowest BCUT2D eigenvalue weighted by Gasteiger charge is -2.28. The number of hydrogen-bond donors (Lipinski definition) is 1. The van der Waals surface area contributed by atoms with Gasteiger partial charge in [-0.05, 0) is 42.6 Å². The van der Waals surface area contributed by atoms with Crippen molar-refractivity contribution in [2.24, 2.45) is 0 Å². The molecular weight excluding hydrogens is 339 g/mol. The summed E-state index contributed by atoms with van der Waals surface area (Å²) in [5.74, 6) is -0.914. The Morgan fingerprint density at radius 3 is 2.96 bits per heavy atom. The average molecular weight is 362 g/mol. The fraction of sp³-hybridized carbons (Fsp3) is 0.421. The Balaban J connectivity index is 1.60. The highest BCUT2D eigenvalue weighted by molar-refractivity contribution is 7.09. The monoisotopic (exact) mass is 362 g/mol. The van der Waals surface area contributed by atoms with Gasteiger partial charge in [-0.1, -0.05) is 18.2 Å². The van der Waals surface area contributed by atoms with Crippen LogP contribution in [0.5, 0.6) is 0 Å². The number of alkyl halides is 1. The van der Waals surface area contributed by atoms with Gasteiger partial charge in [0.05, 0.1) is 5.56 Å². The lowest BCUT2D eigenvalue weighted by atomic mass is 10.1. The number of hydrogen-bond acceptors (Lipinski definition) is 4. The number of thiophene rings is 1. The summed E-state index contributed by atoms with van der Waals surface area (Å²) in [5.41, 5.74) is 1.26. The fourth-order valence-corrected chi connectivity index (χ4v) is 4.18. The third kappa shape index (κ3) is 4.87. The van der Waals surface area contributed by atoms with Crippen LogP contribution in [0, 0.1) is 0 Å². The summed E-state index contributed by atoms with van der Waals surface area (Å²) in [6.07, 6.45) is -0.209. The van der Waals surface area contributed by atoms with Gasteiger partial charge in [0, 0.05) is 37.1 Å². The maximum Gasteiger partial charge on any atom is 0.335 e.